The van der Waals surface area contributed by atoms with Crippen molar-refractivity contribution in [3.05, 3.63) is 17.4 Å². The summed E-state index contributed by atoms with van der Waals surface area (Å²) in [7, 11) is 0. The minimum atomic E-state index is 0.462. The Labute approximate surface area is 61.0 Å². The van der Waals surface area contributed by atoms with Crippen LogP contribution in [-0.4, -0.2) is 9.89 Å². The van der Waals surface area contributed by atoms with E-state index in [1.54, 1.807) is 0 Å². The van der Waals surface area contributed by atoms with Crippen LogP contribution in [0.25, 0.3) is 0 Å². The summed E-state index contributed by atoms with van der Waals surface area (Å²) in [5.41, 5.74) is 6.25. The highest BCUT2D eigenvalue weighted by Gasteiger charge is 1.89. The molecule has 1 rings (SSSR count). The molecule has 0 bridgehead atoms. The zero-order valence-corrected chi connectivity index (χ0v) is 5.52. The highest BCUT2D eigenvalue weighted by Crippen LogP contribution is 2.03. The van der Waals surface area contributed by atoms with E-state index in [0.29, 0.717) is 5.02 Å². The van der Waals surface area contributed by atoms with Crippen LogP contribution in [-0.2, 0) is 0 Å². The predicted molar refractivity (Wildman–Crippen MR) is 32.6 cm³/mol. The van der Waals surface area contributed by atoms with Gasteiger partial charge < -0.3 is 0 Å². The minimum Gasteiger partial charge on any atom is -0.183 e. The molecule has 10 heavy (non-hydrogen) atoms. The summed E-state index contributed by atoms with van der Waals surface area (Å²) in [6, 6.07) is 0. The van der Waals surface area contributed by atoms with Crippen molar-refractivity contribution in [1.29, 1.82) is 5.53 Å². The first-order valence-electron chi connectivity index (χ1n) is 2.31. The Kier molecular flexibility index (Phi) is 2.06. The van der Waals surface area contributed by atoms with Crippen molar-refractivity contribution < 1.29 is 0 Å². The van der Waals surface area contributed by atoms with Crippen molar-refractivity contribution >= 4 is 11.6 Å². The van der Waals surface area contributed by atoms with Gasteiger partial charge in [-0.3, -0.25) is 0 Å². The number of halogens is 1. The molecule has 0 spiro atoms. The van der Waals surface area contributed by atoms with Gasteiger partial charge in [0, 0.05) is 0 Å². The normalized spacial score (nSPS) is 10.5. The van der Waals surface area contributed by atoms with E-state index in [1.807, 2.05) is 0 Å². The van der Waals surface area contributed by atoms with E-state index >= 15 is 0 Å². The fraction of sp³-hybridized carbons (Fsp3) is 0. The van der Waals surface area contributed by atoms with Crippen molar-refractivity contribution in [3.63, 3.8) is 0 Å². The van der Waals surface area contributed by atoms with Gasteiger partial charge in [0.05, 0.1) is 17.4 Å². The summed E-state index contributed by atoms with van der Waals surface area (Å²) >= 11 is 5.48. The number of hydrogen-bond donors (Lipinski definition) is 1. The lowest BCUT2D eigenvalue weighted by Crippen LogP contribution is -1.83. The molecule has 0 aliphatic rings. The standard InChI is InChI=1S/C3H3ClN6/c4-3-1-6-10(2-3)9-8-7-5/h1-2,5H. The second-order valence-corrected chi connectivity index (χ2v) is 1.79. The summed E-state index contributed by atoms with van der Waals surface area (Å²) in [4.78, 5) is 1.11. The maximum absolute atomic E-state index is 6.25. The van der Waals surface area contributed by atoms with Crippen molar-refractivity contribution in [3.8, 4) is 0 Å². The van der Waals surface area contributed by atoms with Crippen LogP contribution in [0.4, 0.5) is 0 Å². The first-order valence-corrected chi connectivity index (χ1v) is 2.68. The van der Waals surface area contributed by atoms with Gasteiger partial charge in [0.2, 0.25) is 0 Å². The maximum Gasteiger partial charge on any atom is 0.0809 e. The average Bonchev–Trinajstić information content (AvgIpc) is 2.31. The summed E-state index contributed by atoms with van der Waals surface area (Å²) < 4.78 is 0. The lowest BCUT2D eigenvalue weighted by molar-refractivity contribution is 0.657. The molecular weight excluding hydrogens is 156 g/mol. The van der Waals surface area contributed by atoms with Crippen LogP contribution in [0.3, 0.4) is 0 Å². The van der Waals surface area contributed by atoms with Gasteiger partial charge in [-0.15, -0.1) is 4.79 Å². The fourth-order valence-electron chi connectivity index (χ4n) is 0.401. The molecule has 0 saturated heterocycles. The van der Waals surface area contributed by atoms with E-state index in [9.17, 15) is 0 Å². The van der Waals surface area contributed by atoms with Gasteiger partial charge in [0.15, 0.2) is 0 Å². The summed E-state index contributed by atoms with van der Waals surface area (Å²) in [6.45, 7) is 0. The highest BCUT2D eigenvalue weighted by atomic mass is 35.5. The number of rotatable bonds is 2. The first kappa shape index (κ1) is 6.81. The molecule has 0 radical (unpaired) electrons. The molecule has 0 unspecified atom stereocenters. The molecule has 6 nitrogen and oxygen atoms in total. The average molecular weight is 159 g/mol. The SMILES string of the molecule is N=NN=Nn1cc(Cl)cn1. The predicted octanol–water partition coefficient (Wildman–Crippen LogP) is 1.70. The Balaban J connectivity index is 2.75. The van der Waals surface area contributed by atoms with E-state index in [2.05, 4.69) is 20.8 Å². The summed E-state index contributed by atoms with van der Waals surface area (Å²) in [6.07, 6.45) is 2.85. The van der Waals surface area contributed by atoms with E-state index in [0.717, 1.165) is 4.79 Å². The first-order chi connectivity index (χ1) is 4.83. The van der Waals surface area contributed by atoms with Crippen LogP contribution >= 0.6 is 11.6 Å². The minimum absolute atomic E-state index is 0.462. The van der Waals surface area contributed by atoms with Gasteiger partial charge in [-0.1, -0.05) is 11.6 Å². The topological polar surface area (TPSA) is 78.8 Å². The van der Waals surface area contributed by atoms with Crippen LogP contribution < -0.4 is 0 Å². The molecule has 0 fully saturated rings. The Morgan fingerprint density at radius 2 is 2.50 bits per heavy atom. The summed E-state index contributed by atoms with van der Waals surface area (Å²) in [5, 5.41) is 13.1. The molecule has 1 aromatic heterocycles. The quantitative estimate of drug-likeness (QED) is 0.516. The molecular formula is C3H3ClN6. The Morgan fingerprint density at radius 1 is 1.70 bits per heavy atom. The Bertz CT molecular complexity index is 251. The van der Waals surface area contributed by atoms with Crippen molar-refractivity contribution in [1.82, 2.24) is 9.89 Å². The van der Waals surface area contributed by atoms with Crippen molar-refractivity contribution in [2.24, 2.45) is 15.7 Å². The van der Waals surface area contributed by atoms with E-state index in [1.165, 1.54) is 12.4 Å². The maximum atomic E-state index is 6.25. The van der Waals surface area contributed by atoms with E-state index < -0.39 is 0 Å². The molecule has 7 heteroatoms. The third kappa shape index (κ3) is 1.59. The monoisotopic (exact) mass is 158 g/mol. The zero-order chi connectivity index (χ0) is 7.40. The van der Waals surface area contributed by atoms with Crippen LogP contribution in [0.2, 0.25) is 5.02 Å². The molecule has 1 heterocycles. The van der Waals surface area contributed by atoms with Gasteiger partial charge in [0.1, 0.15) is 0 Å². The molecule has 0 aliphatic heterocycles. The number of hydrogen-bond acceptors (Lipinski definition) is 3. The molecule has 0 saturated carbocycles. The van der Waals surface area contributed by atoms with Crippen LogP contribution in [0.1, 0.15) is 0 Å². The van der Waals surface area contributed by atoms with E-state index in [-0.39, 0.29) is 0 Å². The third-order valence-electron chi connectivity index (χ3n) is 0.715. The molecule has 1 N–H and O–H groups in total. The number of nitrogens with one attached hydrogen (secondary N) is 1. The Hall–Kier alpha value is -1.30. The fourth-order valence-corrected chi connectivity index (χ4v) is 0.532. The number of aromatic nitrogens is 2. The zero-order valence-electron chi connectivity index (χ0n) is 4.77. The molecule has 0 aliphatic carbocycles. The molecule has 0 atom stereocenters. The van der Waals surface area contributed by atoms with Gasteiger partial charge in [-0.25, -0.2) is 0 Å². The molecule has 52 valence electrons. The van der Waals surface area contributed by atoms with Gasteiger partial charge in [-0.05, 0) is 15.7 Å². The third-order valence-corrected chi connectivity index (χ3v) is 0.910. The Morgan fingerprint density at radius 3 is 3.00 bits per heavy atom. The van der Waals surface area contributed by atoms with Gasteiger partial charge in [0.25, 0.3) is 0 Å². The van der Waals surface area contributed by atoms with Crippen molar-refractivity contribution in [2.75, 3.05) is 0 Å². The second kappa shape index (κ2) is 3.02. The summed E-state index contributed by atoms with van der Waals surface area (Å²) in [5.74, 6) is 0. The smallest absolute Gasteiger partial charge is 0.0809 e. The van der Waals surface area contributed by atoms with Crippen LogP contribution in [0.5, 0.6) is 0 Å². The number of nitrogens with zero attached hydrogens (tertiary/aromatic N) is 5. The van der Waals surface area contributed by atoms with Crippen molar-refractivity contribution in [2.45, 2.75) is 0 Å². The molecule has 1 aromatic rings. The highest BCUT2D eigenvalue weighted by molar-refractivity contribution is 6.30. The second-order valence-electron chi connectivity index (χ2n) is 1.36. The largest absolute Gasteiger partial charge is 0.183 e. The van der Waals surface area contributed by atoms with E-state index in [4.69, 9.17) is 17.1 Å². The molecule has 0 aromatic carbocycles. The lowest BCUT2D eigenvalue weighted by Gasteiger charge is -1.80. The lowest BCUT2D eigenvalue weighted by atomic mass is 10.7. The van der Waals surface area contributed by atoms with Crippen LogP contribution in [0.15, 0.2) is 28.1 Å². The molecule has 0 amide bonds. The van der Waals surface area contributed by atoms with Gasteiger partial charge in [-0.2, -0.15) is 10.6 Å². The van der Waals surface area contributed by atoms with Gasteiger partial charge >= 0.3 is 0 Å². The van der Waals surface area contributed by atoms with Crippen LogP contribution in [0, 0.1) is 5.53 Å².